The van der Waals surface area contributed by atoms with Crippen molar-refractivity contribution in [1.82, 2.24) is 20.1 Å². The van der Waals surface area contributed by atoms with E-state index in [9.17, 15) is 4.79 Å². The molecule has 0 spiro atoms. The van der Waals surface area contributed by atoms with E-state index in [0.29, 0.717) is 0 Å². The molecule has 6 heteroatoms. The summed E-state index contributed by atoms with van der Waals surface area (Å²) in [6.45, 7) is 8.33. The molecule has 0 aliphatic carbocycles. The maximum absolute atomic E-state index is 11.7. The molecule has 1 aromatic heterocycles. The van der Waals surface area contributed by atoms with E-state index in [1.54, 1.807) is 0 Å². The molecule has 6 nitrogen and oxygen atoms in total. The van der Waals surface area contributed by atoms with E-state index in [2.05, 4.69) is 20.1 Å². The second-order valence-corrected chi connectivity index (χ2v) is 5.60. The van der Waals surface area contributed by atoms with Crippen LogP contribution in [0.3, 0.4) is 0 Å². The predicted molar refractivity (Wildman–Crippen MR) is 66.1 cm³/mol. The van der Waals surface area contributed by atoms with Crippen LogP contribution in [0.15, 0.2) is 0 Å². The Morgan fingerprint density at radius 3 is 2.83 bits per heavy atom. The second kappa shape index (κ2) is 4.59. The first-order chi connectivity index (χ1) is 8.37. The van der Waals surface area contributed by atoms with Gasteiger partial charge in [0, 0.05) is 13.0 Å². The summed E-state index contributed by atoms with van der Waals surface area (Å²) in [5, 5.41) is 11.0. The highest BCUT2D eigenvalue weighted by atomic mass is 16.6. The van der Waals surface area contributed by atoms with Gasteiger partial charge in [0.05, 0.1) is 6.04 Å². The molecule has 1 atom stereocenters. The SMILES string of the molecule is C[C@@H](NC(=O)OC(C)(C)C)c1nnc2n1CCC2. The highest BCUT2D eigenvalue weighted by Crippen LogP contribution is 2.19. The quantitative estimate of drug-likeness (QED) is 0.871. The Kier molecular flexibility index (Phi) is 3.28. The Morgan fingerprint density at radius 2 is 2.17 bits per heavy atom. The molecule has 1 aromatic rings. The second-order valence-electron chi connectivity index (χ2n) is 5.60. The number of aryl methyl sites for hydroxylation is 1. The van der Waals surface area contributed by atoms with Crippen LogP contribution in [-0.2, 0) is 17.7 Å². The summed E-state index contributed by atoms with van der Waals surface area (Å²) in [6.07, 6.45) is 1.63. The van der Waals surface area contributed by atoms with Crippen molar-refractivity contribution in [2.45, 2.75) is 58.7 Å². The highest BCUT2D eigenvalue weighted by molar-refractivity contribution is 5.68. The van der Waals surface area contributed by atoms with E-state index < -0.39 is 11.7 Å². The van der Waals surface area contributed by atoms with Crippen molar-refractivity contribution in [3.63, 3.8) is 0 Å². The van der Waals surface area contributed by atoms with Crippen LogP contribution >= 0.6 is 0 Å². The fourth-order valence-corrected chi connectivity index (χ4v) is 2.04. The van der Waals surface area contributed by atoms with Crippen molar-refractivity contribution < 1.29 is 9.53 Å². The van der Waals surface area contributed by atoms with E-state index in [1.807, 2.05) is 27.7 Å². The molecule has 2 heterocycles. The minimum absolute atomic E-state index is 0.195. The number of hydrogen-bond donors (Lipinski definition) is 1. The van der Waals surface area contributed by atoms with Crippen LogP contribution in [0.25, 0.3) is 0 Å². The zero-order valence-electron chi connectivity index (χ0n) is 11.4. The standard InChI is InChI=1S/C12H20N4O2/c1-8(13-11(17)18-12(2,3)4)10-15-14-9-6-5-7-16(9)10/h8H,5-7H2,1-4H3,(H,13,17)/t8-/m1/s1. The Bertz CT molecular complexity index is 447. The van der Waals surface area contributed by atoms with Gasteiger partial charge >= 0.3 is 6.09 Å². The van der Waals surface area contributed by atoms with Crippen LogP contribution in [-0.4, -0.2) is 26.5 Å². The molecule has 0 aromatic carbocycles. The van der Waals surface area contributed by atoms with E-state index in [0.717, 1.165) is 31.0 Å². The van der Waals surface area contributed by atoms with Crippen LogP contribution in [0.5, 0.6) is 0 Å². The van der Waals surface area contributed by atoms with Crippen LogP contribution in [0.4, 0.5) is 4.79 Å². The molecular weight excluding hydrogens is 232 g/mol. The number of nitrogens with zero attached hydrogens (tertiary/aromatic N) is 3. The van der Waals surface area contributed by atoms with Gasteiger partial charge < -0.3 is 14.6 Å². The predicted octanol–water partition coefficient (Wildman–Crippen LogP) is 1.81. The Labute approximate surface area is 107 Å². The molecule has 18 heavy (non-hydrogen) atoms. The first kappa shape index (κ1) is 12.9. The molecule has 1 amide bonds. The largest absolute Gasteiger partial charge is 0.444 e. The summed E-state index contributed by atoms with van der Waals surface area (Å²) < 4.78 is 7.29. The van der Waals surface area contributed by atoms with Crippen LogP contribution in [0, 0.1) is 0 Å². The molecule has 1 aliphatic rings. The number of amides is 1. The average molecular weight is 252 g/mol. The summed E-state index contributed by atoms with van der Waals surface area (Å²) in [7, 11) is 0. The minimum atomic E-state index is -0.489. The van der Waals surface area contributed by atoms with Gasteiger partial charge in [0.25, 0.3) is 0 Å². The zero-order chi connectivity index (χ0) is 13.3. The molecule has 1 N–H and O–H groups in total. The number of hydrogen-bond acceptors (Lipinski definition) is 4. The fraction of sp³-hybridized carbons (Fsp3) is 0.750. The smallest absolute Gasteiger partial charge is 0.408 e. The number of rotatable bonds is 2. The van der Waals surface area contributed by atoms with Crippen molar-refractivity contribution in [2.24, 2.45) is 0 Å². The summed E-state index contributed by atoms with van der Waals surface area (Å²) in [6, 6.07) is -0.195. The number of aromatic nitrogens is 3. The molecule has 0 fully saturated rings. The fourth-order valence-electron chi connectivity index (χ4n) is 2.04. The van der Waals surface area contributed by atoms with Crippen LogP contribution in [0.1, 0.15) is 51.8 Å². The lowest BCUT2D eigenvalue weighted by atomic mass is 10.2. The monoisotopic (exact) mass is 252 g/mol. The highest BCUT2D eigenvalue weighted by Gasteiger charge is 2.24. The minimum Gasteiger partial charge on any atom is -0.444 e. The van der Waals surface area contributed by atoms with Crippen LogP contribution in [0.2, 0.25) is 0 Å². The number of nitrogens with one attached hydrogen (secondary N) is 1. The van der Waals surface area contributed by atoms with E-state index in [4.69, 9.17) is 4.74 Å². The topological polar surface area (TPSA) is 69.0 Å². The lowest BCUT2D eigenvalue weighted by molar-refractivity contribution is 0.0505. The van der Waals surface area contributed by atoms with E-state index in [-0.39, 0.29) is 6.04 Å². The summed E-state index contributed by atoms with van der Waals surface area (Å²) in [5.41, 5.74) is -0.489. The lowest BCUT2D eigenvalue weighted by Crippen LogP contribution is -2.34. The average Bonchev–Trinajstić information content (AvgIpc) is 2.72. The van der Waals surface area contributed by atoms with Crippen molar-refractivity contribution in [3.8, 4) is 0 Å². The molecular formula is C12H20N4O2. The van der Waals surface area contributed by atoms with E-state index in [1.165, 1.54) is 0 Å². The van der Waals surface area contributed by atoms with Crippen molar-refractivity contribution in [2.75, 3.05) is 0 Å². The summed E-state index contributed by atoms with van der Waals surface area (Å²) >= 11 is 0. The molecule has 1 aliphatic heterocycles. The Morgan fingerprint density at radius 1 is 1.44 bits per heavy atom. The van der Waals surface area contributed by atoms with Crippen molar-refractivity contribution in [3.05, 3.63) is 11.6 Å². The van der Waals surface area contributed by atoms with Gasteiger partial charge in [0.2, 0.25) is 0 Å². The van der Waals surface area contributed by atoms with Gasteiger partial charge in [-0.1, -0.05) is 0 Å². The number of ether oxygens (including phenoxy) is 1. The number of carbonyl (C=O) groups excluding carboxylic acids is 1. The Balaban J connectivity index is 1.99. The lowest BCUT2D eigenvalue weighted by Gasteiger charge is -2.21. The molecule has 0 unspecified atom stereocenters. The Hall–Kier alpha value is -1.59. The third-order valence-corrected chi connectivity index (χ3v) is 2.76. The molecule has 2 rings (SSSR count). The summed E-state index contributed by atoms with van der Waals surface area (Å²) in [5.74, 6) is 1.80. The van der Waals surface area contributed by atoms with Gasteiger partial charge in [-0.05, 0) is 34.1 Å². The maximum atomic E-state index is 11.7. The maximum Gasteiger partial charge on any atom is 0.408 e. The molecule has 0 radical (unpaired) electrons. The number of alkyl carbamates (subject to hydrolysis) is 1. The van der Waals surface area contributed by atoms with E-state index >= 15 is 0 Å². The van der Waals surface area contributed by atoms with Gasteiger partial charge in [-0.25, -0.2) is 4.79 Å². The first-order valence-corrected chi connectivity index (χ1v) is 6.28. The van der Waals surface area contributed by atoms with Gasteiger partial charge in [-0.15, -0.1) is 10.2 Å². The molecule has 100 valence electrons. The molecule has 0 saturated heterocycles. The summed E-state index contributed by atoms with van der Waals surface area (Å²) in [4.78, 5) is 11.7. The van der Waals surface area contributed by atoms with Gasteiger partial charge in [0.1, 0.15) is 11.4 Å². The number of carbonyl (C=O) groups is 1. The number of fused-ring (bicyclic) bond motifs is 1. The van der Waals surface area contributed by atoms with Crippen LogP contribution < -0.4 is 5.32 Å². The third-order valence-electron chi connectivity index (χ3n) is 2.76. The van der Waals surface area contributed by atoms with Crippen molar-refractivity contribution >= 4 is 6.09 Å². The third kappa shape index (κ3) is 2.80. The van der Waals surface area contributed by atoms with Gasteiger partial charge in [0.15, 0.2) is 5.82 Å². The normalized spacial score (nSPS) is 16.2. The van der Waals surface area contributed by atoms with Crippen molar-refractivity contribution in [1.29, 1.82) is 0 Å². The van der Waals surface area contributed by atoms with Gasteiger partial charge in [-0.3, -0.25) is 0 Å². The zero-order valence-corrected chi connectivity index (χ0v) is 11.4. The molecule has 0 bridgehead atoms. The molecule has 0 saturated carbocycles. The first-order valence-electron chi connectivity index (χ1n) is 6.28. The van der Waals surface area contributed by atoms with Gasteiger partial charge in [-0.2, -0.15) is 0 Å².